The van der Waals surface area contributed by atoms with E-state index in [2.05, 4.69) is 4.74 Å². The molecule has 0 spiro atoms. The zero-order chi connectivity index (χ0) is 29.1. The topological polar surface area (TPSA) is 208 Å². The third-order valence-corrected chi connectivity index (χ3v) is 4.73. The maximum absolute atomic E-state index is 12.1. The first-order valence-corrected chi connectivity index (χ1v) is 11.5. The van der Waals surface area contributed by atoms with Crippen molar-refractivity contribution in [2.24, 2.45) is 0 Å². The summed E-state index contributed by atoms with van der Waals surface area (Å²) in [6.07, 6.45) is 0.263. The van der Waals surface area contributed by atoms with Gasteiger partial charge >= 0.3 is 35.8 Å². The molecule has 0 amide bonds. The molecule has 3 heterocycles. The minimum Gasteiger partial charge on any atom is -0.475 e. The summed E-state index contributed by atoms with van der Waals surface area (Å²) in [4.78, 5) is 69.9. The largest absolute Gasteiger partial charge is 0.475 e. The zero-order valence-corrected chi connectivity index (χ0v) is 20.9. The van der Waals surface area contributed by atoms with E-state index in [1.807, 2.05) is 0 Å². The van der Waals surface area contributed by atoms with Crippen LogP contribution in [0.25, 0.3) is 0 Å². The second-order valence-electron chi connectivity index (χ2n) is 7.54. The smallest absolute Gasteiger partial charge is 0.374 e. The number of esters is 5. The Morgan fingerprint density at radius 2 is 0.800 bits per heavy atom. The van der Waals surface area contributed by atoms with Crippen LogP contribution in [0, 0.1) is 0 Å². The zero-order valence-electron chi connectivity index (χ0n) is 20.9. The molecule has 0 saturated heterocycles. The Morgan fingerprint density at radius 3 is 1.07 bits per heavy atom. The minimum absolute atomic E-state index is 0.115. The second kappa shape index (κ2) is 14.0. The first kappa shape index (κ1) is 29.2. The number of aromatic carboxylic acids is 1. The van der Waals surface area contributed by atoms with Gasteiger partial charge in [-0.05, 0) is 36.4 Å². The number of hydrogen-bond donors (Lipinski definition) is 1. The van der Waals surface area contributed by atoms with Crippen molar-refractivity contribution in [1.29, 1.82) is 0 Å². The standard InChI is InChI=1S/C25H22O15/c1-33-21(28)15-6-7-17(39-15)23(30)35-11-3-13-37-25(32)19-9-8-18(40-19)24(31)36-12-2-10-34-22(29)16-5-4-14(38-16)20(26)27/h4-9H,2-3,10-13H2,1H3,(H,26,27). The second-order valence-corrected chi connectivity index (χ2v) is 7.54. The van der Waals surface area contributed by atoms with Gasteiger partial charge in [-0.15, -0.1) is 0 Å². The third-order valence-electron chi connectivity index (χ3n) is 4.73. The van der Waals surface area contributed by atoms with E-state index in [9.17, 15) is 28.8 Å². The van der Waals surface area contributed by atoms with Crippen LogP contribution in [0.2, 0.25) is 0 Å². The molecule has 0 atom stereocenters. The molecule has 3 aromatic rings. The summed E-state index contributed by atoms with van der Waals surface area (Å²) in [6, 6.07) is 7.21. The Labute approximate surface area is 224 Å². The van der Waals surface area contributed by atoms with Crippen LogP contribution in [0.15, 0.2) is 49.6 Å². The van der Waals surface area contributed by atoms with Gasteiger partial charge in [-0.1, -0.05) is 0 Å². The van der Waals surface area contributed by atoms with Crippen LogP contribution in [-0.4, -0.2) is 74.5 Å². The highest BCUT2D eigenvalue weighted by molar-refractivity contribution is 5.92. The average molecular weight is 562 g/mol. The lowest BCUT2D eigenvalue weighted by molar-refractivity contribution is 0.0350. The van der Waals surface area contributed by atoms with Gasteiger partial charge in [0.1, 0.15) is 0 Å². The number of carbonyl (C=O) groups is 6. The molecule has 0 aliphatic rings. The van der Waals surface area contributed by atoms with Crippen molar-refractivity contribution in [2.75, 3.05) is 33.5 Å². The Bertz CT molecular complexity index is 1370. The maximum Gasteiger partial charge on any atom is 0.374 e. The van der Waals surface area contributed by atoms with E-state index in [0.717, 1.165) is 19.2 Å². The molecule has 0 unspecified atom stereocenters. The van der Waals surface area contributed by atoms with Crippen molar-refractivity contribution in [2.45, 2.75) is 12.8 Å². The molecule has 212 valence electrons. The molecule has 15 heteroatoms. The van der Waals surface area contributed by atoms with Crippen LogP contribution in [0.1, 0.15) is 76.2 Å². The van der Waals surface area contributed by atoms with Gasteiger partial charge in [0, 0.05) is 12.8 Å². The van der Waals surface area contributed by atoms with Crippen LogP contribution in [0.3, 0.4) is 0 Å². The fourth-order valence-electron chi connectivity index (χ4n) is 2.84. The first-order valence-electron chi connectivity index (χ1n) is 11.5. The summed E-state index contributed by atoms with van der Waals surface area (Å²) in [5.74, 6) is -7.08. The molecular weight excluding hydrogens is 540 g/mol. The van der Waals surface area contributed by atoms with Crippen LogP contribution >= 0.6 is 0 Å². The van der Waals surface area contributed by atoms with Gasteiger partial charge in [-0.3, -0.25) is 0 Å². The monoisotopic (exact) mass is 562 g/mol. The number of ether oxygens (including phenoxy) is 5. The number of carbonyl (C=O) groups excluding carboxylic acids is 5. The highest BCUT2D eigenvalue weighted by Crippen LogP contribution is 2.13. The lowest BCUT2D eigenvalue weighted by Gasteiger charge is -2.05. The maximum atomic E-state index is 12.1. The minimum atomic E-state index is -1.33. The van der Waals surface area contributed by atoms with E-state index < -0.39 is 41.6 Å². The number of hydrogen-bond acceptors (Lipinski definition) is 14. The summed E-state index contributed by atoms with van der Waals surface area (Å²) in [7, 11) is 1.16. The van der Waals surface area contributed by atoms with Gasteiger partial charge in [0.25, 0.3) is 0 Å². The molecule has 3 rings (SSSR count). The first-order chi connectivity index (χ1) is 19.2. The molecule has 1 N–H and O–H groups in total. The van der Waals surface area contributed by atoms with Gasteiger partial charge in [0.2, 0.25) is 34.6 Å². The van der Waals surface area contributed by atoms with E-state index in [-0.39, 0.29) is 68.1 Å². The number of carboxylic acid groups (broad SMARTS) is 1. The van der Waals surface area contributed by atoms with Gasteiger partial charge in [0.15, 0.2) is 0 Å². The molecule has 0 bridgehead atoms. The van der Waals surface area contributed by atoms with Crippen LogP contribution in [0.4, 0.5) is 0 Å². The van der Waals surface area contributed by atoms with Crippen molar-refractivity contribution in [1.82, 2.24) is 0 Å². The molecule has 0 aromatic carbocycles. The van der Waals surface area contributed by atoms with E-state index in [0.29, 0.717) is 0 Å². The fourth-order valence-corrected chi connectivity index (χ4v) is 2.84. The van der Waals surface area contributed by atoms with Gasteiger partial charge in [-0.2, -0.15) is 0 Å². The quantitative estimate of drug-likeness (QED) is 0.170. The SMILES string of the molecule is COC(=O)c1ccc(C(=O)OCCCOC(=O)c2ccc(C(=O)OCCCOC(=O)c3ccc(C(=O)O)o3)o2)o1. The Kier molecular flexibility index (Phi) is 10.2. The number of furan rings is 3. The third kappa shape index (κ3) is 8.08. The van der Waals surface area contributed by atoms with Crippen LogP contribution < -0.4 is 0 Å². The summed E-state index contributed by atoms with van der Waals surface area (Å²) in [5.41, 5.74) is 0. The highest BCUT2D eigenvalue weighted by atomic mass is 16.6. The Hall–Kier alpha value is -5.34. The number of rotatable bonds is 14. The van der Waals surface area contributed by atoms with E-state index >= 15 is 0 Å². The van der Waals surface area contributed by atoms with Gasteiger partial charge < -0.3 is 42.0 Å². The lowest BCUT2D eigenvalue weighted by Crippen LogP contribution is -2.11. The summed E-state index contributed by atoms with van der Waals surface area (Å²) >= 11 is 0. The lowest BCUT2D eigenvalue weighted by atomic mass is 10.4. The molecule has 0 fully saturated rings. The van der Waals surface area contributed by atoms with Crippen LogP contribution in [0.5, 0.6) is 0 Å². The molecule has 15 nitrogen and oxygen atoms in total. The van der Waals surface area contributed by atoms with E-state index in [1.54, 1.807) is 0 Å². The Balaban J connectivity index is 1.30. The predicted octanol–water partition coefficient (Wildman–Crippen LogP) is 2.76. The fraction of sp³-hybridized carbons (Fsp3) is 0.280. The van der Waals surface area contributed by atoms with Crippen molar-refractivity contribution in [3.8, 4) is 0 Å². The van der Waals surface area contributed by atoms with E-state index in [1.165, 1.54) is 24.3 Å². The summed E-state index contributed by atoms with van der Waals surface area (Å²) < 4.78 is 39.3. The average Bonchev–Trinajstić information content (AvgIpc) is 3.72. The number of methoxy groups -OCH3 is 1. The molecule has 0 aliphatic carbocycles. The van der Waals surface area contributed by atoms with Crippen molar-refractivity contribution in [3.05, 3.63) is 71.0 Å². The molecule has 0 radical (unpaired) electrons. The molecular formula is C25H22O15. The summed E-state index contributed by atoms with van der Waals surface area (Å²) in [6.45, 7) is -0.537. The van der Waals surface area contributed by atoms with Crippen molar-refractivity contribution < 1.29 is 70.8 Å². The van der Waals surface area contributed by atoms with Gasteiger partial charge in [0.05, 0.1) is 33.5 Å². The van der Waals surface area contributed by atoms with E-state index in [4.69, 9.17) is 37.3 Å². The van der Waals surface area contributed by atoms with Gasteiger partial charge in [-0.25, -0.2) is 28.8 Å². The summed E-state index contributed by atoms with van der Waals surface area (Å²) in [5, 5.41) is 8.77. The predicted molar refractivity (Wildman–Crippen MR) is 125 cm³/mol. The van der Waals surface area contributed by atoms with Crippen molar-refractivity contribution in [3.63, 3.8) is 0 Å². The molecule has 0 saturated carbocycles. The number of carboxylic acids is 1. The molecule has 0 aliphatic heterocycles. The Morgan fingerprint density at radius 1 is 0.525 bits per heavy atom. The molecule has 40 heavy (non-hydrogen) atoms. The molecule has 3 aromatic heterocycles. The van der Waals surface area contributed by atoms with Crippen LogP contribution in [-0.2, 0) is 23.7 Å². The normalized spacial score (nSPS) is 10.4. The highest BCUT2D eigenvalue weighted by Gasteiger charge is 2.20. The van der Waals surface area contributed by atoms with Crippen molar-refractivity contribution >= 4 is 35.8 Å².